The third-order valence-electron chi connectivity index (χ3n) is 4.81. The number of unbranched alkanes of at least 4 members (excludes halogenated alkanes) is 1. The van der Waals surface area contributed by atoms with Gasteiger partial charge in [-0.25, -0.2) is 4.79 Å². The molecule has 0 spiro atoms. The van der Waals surface area contributed by atoms with Crippen molar-refractivity contribution in [3.63, 3.8) is 0 Å². The molecule has 0 bridgehead atoms. The Balaban J connectivity index is 1.82. The lowest BCUT2D eigenvalue weighted by Crippen LogP contribution is -2.36. The van der Waals surface area contributed by atoms with E-state index in [1.165, 1.54) is 55.6 Å². The van der Waals surface area contributed by atoms with Crippen molar-refractivity contribution in [2.24, 2.45) is 0 Å². The molecule has 0 aliphatic carbocycles. The van der Waals surface area contributed by atoms with Crippen molar-refractivity contribution in [3.05, 3.63) is 86.5 Å². The molecule has 2 aromatic rings. The number of rotatable bonds is 12. The zero-order valence-corrected chi connectivity index (χ0v) is 18.0. The molecule has 11 heteroatoms. The molecule has 1 atom stereocenters. The van der Waals surface area contributed by atoms with Gasteiger partial charge in [0.15, 0.2) is 0 Å². The molecule has 11 nitrogen and oxygen atoms in total. The molecule has 0 saturated heterocycles. The Bertz CT molecular complexity index is 1020. The highest BCUT2D eigenvalue weighted by Gasteiger charge is 2.20. The Labute approximate surface area is 189 Å². The second kappa shape index (κ2) is 11.9. The molecule has 1 unspecified atom stereocenters. The number of non-ortho nitro benzene ring substituents is 2. The Hall–Kier alpha value is -4.28. The lowest BCUT2D eigenvalue weighted by molar-refractivity contribution is -0.385. The van der Waals surface area contributed by atoms with Gasteiger partial charge in [-0.15, -0.1) is 0 Å². The van der Waals surface area contributed by atoms with Crippen LogP contribution in [-0.2, 0) is 9.53 Å². The van der Waals surface area contributed by atoms with Crippen LogP contribution in [0.5, 0.6) is 0 Å². The van der Waals surface area contributed by atoms with Gasteiger partial charge in [-0.1, -0.05) is 6.58 Å². The molecule has 1 amide bonds. The third-order valence-corrected chi connectivity index (χ3v) is 4.81. The van der Waals surface area contributed by atoms with Gasteiger partial charge < -0.3 is 15.4 Å². The number of carbonyl (C=O) groups is 2. The van der Waals surface area contributed by atoms with E-state index >= 15 is 0 Å². The van der Waals surface area contributed by atoms with Crippen LogP contribution in [0.3, 0.4) is 0 Å². The van der Waals surface area contributed by atoms with E-state index in [0.717, 1.165) is 0 Å². The van der Waals surface area contributed by atoms with Gasteiger partial charge in [0.05, 0.1) is 17.0 Å². The summed E-state index contributed by atoms with van der Waals surface area (Å²) in [7, 11) is 1.27. The van der Waals surface area contributed by atoms with Crippen molar-refractivity contribution in [3.8, 4) is 0 Å². The molecule has 0 aliphatic heterocycles. The predicted octanol–water partition coefficient (Wildman–Crippen LogP) is 3.21. The minimum absolute atomic E-state index is 0.0492. The first-order chi connectivity index (χ1) is 15.7. The van der Waals surface area contributed by atoms with Gasteiger partial charge in [-0.05, 0) is 49.1 Å². The largest absolute Gasteiger partial charge is 0.467 e. The number of hydrogen-bond acceptors (Lipinski definition) is 8. The Kier molecular flexibility index (Phi) is 9.04. The molecule has 2 aromatic carbocycles. The number of methoxy groups -OCH3 is 1. The number of benzene rings is 2. The first-order valence-corrected chi connectivity index (χ1v) is 10.0. The number of ether oxygens (including phenoxy) is 1. The van der Waals surface area contributed by atoms with Gasteiger partial charge in [-0.3, -0.25) is 25.0 Å². The number of nitro groups is 2. The molecular weight excluding hydrogens is 432 g/mol. The lowest BCUT2D eigenvalue weighted by atomic mass is 10.1. The molecule has 2 N–H and O–H groups in total. The van der Waals surface area contributed by atoms with E-state index in [4.69, 9.17) is 4.74 Å². The second-order valence-corrected chi connectivity index (χ2v) is 7.06. The summed E-state index contributed by atoms with van der Waals surface area (Å²) >= 11 is 0. The third kappa shape index (κ3) is 7.42. The average molecular weight is 456 g/mol. The summed E-state index contributed by atoms with van der Waals surface area (Å²) in [6, 6.07) is 10.4. The van der Waals surface area contributed by atoms with Gasteiger partial charge in [0.1, 0.15) is 6.04 Å². The normalized spacial score (nSPS) is 11.2. The van der Waals surface area contributed by atoms with Crippen LogP contribution >= 0.6 is 0 Å². The van der Waals surface area contributed by atoms with E-state index in [9.17, 15) is 29.8 Å². The van der Waals surface area contributed by atoms with Gasteiger partial charge >= 0.3 is 5.97 Å². The van der Waals surface area contributed by atoms with Crippen molar-refractivity contribution in [2.75, 3.05) is 13.7 Å². The Morgan fingerprint density at radius 3 is 1.94 bits per heavy atom. The summed E-state index contributed by atoms with van der Waals surface area (Å²) in [5.74, 6) is -0.827. The average Bonchev–Trinajstić information content (AvgIpc) is 2.82. The molecule has 0 fully saturated rings. The SMILES string of the molecule is C=C(NC(CCCCNC(=O)c1ccc([N+](=O)[O-])cc1)C(=O)OC)c1ccc([N+](=O)[O-])cc1. The number of hydrogen-bond donors (Lipinski definition) is 2. The van der Waals surface area contributed by atoms with Crippen molar-refractivity contribution in [2.45, 2.75) is 25.3 Å². The minimum Gasteiger partial charge on any atom is -0.467 e. The molecule has 174 valence electrons. The number of nitro benzene ring substituents is 2. The van der Waals surface area contributed by atoms with Crippen LogP contribution < -0.4 is 10.6 Å². The van der Waals surface area contributed by atoms with Crippen molar-refractivity contribution >= 4 is 28.9 Å². The number of nitrogens with zero attached hydrogens (tertiary/aromatic N) is 2. The predicted molar refractivity (Wildman–Crippen MR) is 120 cm³/mol. The highest BCUT2D eigenvalue weighted by atomic mass is 16.6. The summed E-state index contributed by atoms with van der Waals surface area (Å²) in [5.41, 5.74) is 1.20. The standard InChI is InChI=1S/C22H24N4O7/c1-15(16-6-10-18(11-7-16)25(29)30)24-20(22(28)33-2)5-3-4-14-23-21(27)17-8-12-19(13-9-17)26(31)32/h6-13,20,24H,1,3-5,14H2,2H3,(H,23,27). The van der Waals surface area contributed by atoms with E-state index in [-0.39, 0.29) is 17.3 Å². The zero-order chi connectivity index (χ0) is 24.4. The maximum absolute atomic E-state index is 12.1. The topological polar surface area (TPSA) is 154 Å². The van der Waals surface area contributed by atoms with Gasteiger partial charge in [0.2, 0.25) is 0 Å². The molecule has 0 heterocycles. The lowest BCUT2D eigenvalue weighted by Gasteiger charge is -2.19. The Morgan fingerprint density at radius 1 is 0.939 bits per heavy atom. The summed E-state index contributed by atoms with van der Waals surface area (Å²) in [6.45, 7) is 4.24. The maximum atomic E-state index is 12.1. The maximum Gasteiger partial charge on any atom is 0.328 e. The van der Waals surface area contributed by atoms with Crippen LogP contribution in [0, 0.1) is 20.2 Å². The highest BCUT2D eigenvalue weighted by Crippen LogP contribution is 2.17. The molecule has 0 aromatic heterocycles. The van der Waals surface area contributed by atoms with Crippen LogP contribution in [0.4, 0.5) is 11.4 Å². The minimum atomic E-state index is -0.678. The number of esters is 1. The molecular formula is C22H24N4O7. The number of carbonyl (C=O) groups excluding carboxylic acids is 2. The van der Waals surface area contributed by atoms with E-state index in [0.29, 0.717) is 42.6 Å². The van der Waals surface area contributed by atoms with E-state index < -0.39 is 21.9 Å². The van der Waals surface area contributed by atoms with Crippen LogP contribution in [-0.4, -0.2) is 41.4 Å². The number of amides is 1. The van der Waals surface area contributed by atoms with E-state index in [2.05, 4.69) is 17.2 Å². The van der Waals surface area contributed by atoms with Crippen molar-refractivity contribution in [1.82, 2.24) is 10.6 Å². The van der Waals surface area contributed by atoms with Crippen LogP contribution in [0.2, 0.25) is 0 Å². The zero-order valence-electron chi connectivity index (χ0n) is 18.0. The van der Waals surface area contributed by atoms with Gasteiger partial charge in [0, 0.05) is 42.1 Å². The summed E-state index contributed by atoms with van der Waals surface area (Å²) < 4.78 is 4.83. The highest BCUT2D eigenvalue weighted by molar-refractivity contribution is 5.94. The van der Waals surface area contributed by atoms with E-state index in [1.807, 2.05) is 0 Å². The summed E-state index contributed by atoms with van der Waals surface area (Å²) in [4.78, 5) is 44.7. The number of nitrogens with one attached hydrogen (secondary N) is 2. The van der Waals surface area contributed by atoms with Crippen molar-refractivity contribution in [1.29, 1.82) is 0 Å². The van der Waals surface area contributed by atoms with Crippen LogP contribution in [0.1, 0.15) is 35.2 Å². The summed E-state index contributed by atoms with van der Waals surface area (Å²) in [5, 5.41) is 27.2. The Morgan fingerprint density at radius 2 is 1.45 bits per heavy atom. The fourth-order valence-electron chi connectivity index (χ4n) is 2.98. The first-order valence-electron chi connectivity index (χ1n) is 10.0. The van der Waals surface area contributed by atoms with Crippen LogP contribution in [0.15, 0.2) is 55.1 Å². The van der Waals surface area contributed by atoms with Gasteiger partial charge in [-0.2, -0.15) is 0 Å². The molecule has 2 rings (SSSR count). The quantitative estimate of drug-likeness (QED) is 0.214. The monoisotopic (exact) mass is 456 g/mol. The molecule has 33 heavy (non-hydrogen) atoms. The first kappa shape index (κ1) is 25.0. The van der Waals surface area contributed by atoms with Crippen molar-refractivity contribution < 1.29 is 24.2 Å². The van der Waals surface area contributed by atoms with E-state index in [1.54, 1.807) is 0 Å². The smallest absolute Gasteiger partial charge is 0.328 e. The molecule has 0 saturated carbocycles. The summed E-state index contributed by atoms with van der Waals surface area (Å²) in [6.07, 6.45) is 1.57. The second-order valence-electron chi connectivity index (χ2n) is 7.06. The van der Waals surface area contributed by atoms with Gasteiger partial charge in [0.25, 0.3) is 17.3 Å². The van der Waals surface area contributed by atoms with Crippen LogP contribution in [0.25, 0.3) is 5.70 Å². The fourth-order valence-corrected chi connectivity index (χ4v) is 2.98. The molecule has 0 radical (unpaired) electrons. The molecule has 0 aliphatic rings. The fraction of sp³-hybridized carbons (Fsp3) is 0.273.